The zero-order valence-corrected chi connectivity index (χ0v) is 26.6. The summed E-state index contributed by atoms with van der Waals surface area (Å²) < 4.78 is 80.2. The van der Waals surface area contributed by atoms with Gasteiger partial charge in [-0.25, -0.2) is 27.6 Å². The molecule has 14 heteroatoms. The highest BCUT2D eigenvalue weighted by Gasteiger charge is 2.36. The maximum Gasteiger partial charge on any atom is 0.433 e. The lowest BCUT2D eigenvalue weighted by Crippen LogP contribution is -2.14. The van der Waals surface area contributed by atoms with E-state index in [-0.39, 0.29) is 16.3 Å². The maximum absolute atomic E-state index is 13.4. The van der Waals surface area contributed by atoms with Crippen molar-refractivity contribution in [1.82, 2.24) is 14.9 Å². The largest absolute Gasteiger partial charge is 0.433 e. The van der Waals surface area contributed by atoms with Crippen molar-refractivity contribution in [2.24, 2.45) is 10.3 Å². The van der Waals surface area contributed by atoms with Gasteiger partial charge in [0.2, 0.25) is 10.0 Å². The summed E-state index contributed by atoms with van der Waals surface area (Å²) in [5.41, 5.74) is 4.49. The highest BCUT2D eigenvalue weighted by Crippen LogP contribution is 2.35. The lowest BCUT2D eigenvalue weighted by atomic mass is 10.00. The van der Waals surface area contributed by atoms with Gasteiger partial charge >= 0.3 is 6.18 Å². The second-order valence-corrected chi connectivity index (χ2v) is 13.0. The van der Waals surface area contributed by atoms with Crippen LogP contribution in [0.2, 0.25) is 0 Å². The van der Waals surface area contributed by atoms with Crippen molar-refractivity contribution in [3.63, 3.8) is 0 Å². The fraction of sp³-hybridized carbons (Fsp3) is 0.0909. The molecule has 242 valence electrons. The van der Waals surface area contributed by atoms with Crippen LogP contribution in [0.15, 0.2) is 124 Å². The average Bonchev–Trinajstić information content (AvgIpc) is 3.67. The monoisotopic (exact) mass is 679 g/mol. The molecule has 1 unspecified atom stereocenters. The molecule has 0 fully saturated rings. The SMILES string of the molecule is Cc1ccc(-c2cc(C(F)(F)F)n(-c3ccc(S(N)(=O)=O)cc3)n2)cc1.Cc1onc(-c2ccccc2)c1-c1ccc(S(N)=O)cc1. The number of hydrogen-bond acceptors (Lipinski definition) is 6. The van der Waals surface area contributed by atoms with E-state index >= 15 is 0 Å². The molecule has 0 saturated carbocycles. The smallest absolute Gasteiger partial charge is 0.360 e. The van der Waals surface area contributed by atoms with Gasteiger partial charge in [-0.15, -0.1) is 0 Å². The Bertz CT molecular complexity index is 2130. The van der Waals surface area contributed by atoms with Crippen LogP contribution >= 0.6 is 0 Å². The fourth-order valence-corrected chi connectivity index (χ4v) is 5.60. The van der Waals surface area contributed by atoms with Crippen molar-refractivity contribution in [2.45, 2.75) is 29.8 Å². The Labute approximate surface area is 271 Å². The van der Waals surface area contributed by atoms with Gasteiger partial charge in [-0.05, 0) is 61.9 Å². The molecular weight excluding hydrogens is 652 g/mol. The highest BCUT2D eigenvalue weighted by molar-refractivity contribution is 7.89. The van der Waals surface area contributed by atoms with E-state index in [1.54, 1.807) is 36.4 Å². The van der Waals surface area contributed by atoms with E-state index < -0.39 is 32.9 Å². The van der Waals surface area contributed by atoms with E-state index in [0.29, 0.717) is 10.5 Å². The van der Waals surface area contributed by atoms with Crippen LogP contribution in [0, 0.1) is 13.8 Å². The Morgan fingerprint density at radius 1 is 0.809 bits per heavy atom. The van der Waals surface area contributed by atoms with Crippen LogP contribution < -0.4 is 10.3 Å². The van der Waals surface area contributed by atoms with Crippen LogP contribution in [0.25, 0.3) is 39.3 Å². The number of nitrogens with zero attached hydrogens (tertiary/aromatic N) is 3. The summed E-state index contributed by atoms with van der Waals surface area (Å²) in [6, 6.07) is 29.8. The minimum Gasteiger partial charge on any atom is -0.360 e. The van der Waals surface area contributed by atoms with E-state index in [2.05, 4.69) is 10.3 Å². The van der Waals surface area contributed by atoms with Crippen molar-refractivity contribution < 1.29 is 30.3 Å². The van der Waals surface area contributed by atoms with Crippen LogP contribution in [0.5, 0.6) is 0 Å². The first-order chi connectivity index (χ1) is 22.2. The number of benzene rings is 4. The van der Waals surface area contributed by atoms with E-state index in [4.69, 9.17) is 14.8 Å². The van der Waals surface area contributed by atoms with Gasteiger partial charge in [0.1, 0.15) is 28.1 Å². The first-order valence-electron chi connectivity index (χ1n) is 13.9. The van der Waals surface area contributed by atoms with Gasteiger partial charge in [0.25, 0.3) is 0 Å². The zero-order chi connectivity index (χ0) is 33.9. The third kappa shape index (κ3) is 7.74. The summed E-state index contributed by atoms with van der Waals surface area (Å²) >= 11 is 0. The standard InChI is InChI=1S/C17H14F3N3O2S.C16H14N2O2S/c1-11-2-4-12(5-3-11)15-10-16(17(18,19)20)23(22-15)13-6-8-14(9-7-13)26(21,24)25;1-11-15(12-7-9-14(10-8-12)21(17)19)16(18-20-11)13-5-3-2-4-6-13/h2-10H,1H3,(H2,21,24,25);2-10H,17H2,1H3. The number of hydrogen-bond donors (Lipinski definition) is 2. The molecule has 9 nitrogen and oxygen atoms in total. The summed E-state index contributed by atoms with van der Waals surface area (Å²) in [7, 11) is -5.40. The number of aryl methyl sites for hydroxylation is 2. The van der Waals surface area contributed by atoms with Crippen molar-refractivity contribution in [3.05, 3.63) is 126 Å². The molecule has 0 radical (unpaired) electrons. The Kier molecular flexibility index (Phi) is 9.58. The Morgan fingerprint density at radius 2 is 1.40 bits per heavy atom. The molecule has 0 aliphatic carbocycles. The lowest BCUT2D eigenvalue weighted by Gasteiger charge is -2.10. The molecule has 0 bridgehead atoms. The quantitative estimate of drug-likeness (QED) is 0.198. The van der Waals surface area contributed by atoms with Gasteiger partial charge in [0.05, 0.1) is 26.7 Å². The number of aromatic nitrogens is 3. The van der Waals surface area contributed by atoms with Crippen LogP contribution in [0.3, 0.4) is 0 Å². The average molecular weight is 680 g/mol. The highest BCUT2D eigenvalue weighted by atomic mass is 32.2. The number of nitrogens with two attached hydrogens (primary N) is 2. The summed E-state index contributed by atoms with van der Waals surface area (Å²) in [6.45, 7) is 3.75. The first-order valence-corrected chi connectivity index (χ1v) is 16.6. The zero-order valence-electron chi connectivity index (χ0n) is 25.0. The van der Waals surface area contributed by atoms with Crippen LogP contribution in [-0.2, 0) is 27.2 Å². The van der Waals surface area contributed by atoms with Crippen molar-refractivity contribution in [1.29, 1.82) is 0 Å². The molecular formula is C33H28F3N5O4S2. The van der Waals surface area contributed by atoms with Gasteiger partial charge in [-0.2, -0.15) is 18.3 Å². The van der Waals surface area contributed by atoms with Gasteiger partial charge in [-0.3, -0.25) is 0 Å². The number of alkyl halides is 3. The van der Waals surface area contributed by atoms with Gasteiger partial charge in [-0.1, -0.05) is 77.5 Å². The summed E-state index contributed by atoms with van der Waals surface area (Å²) in [4.78, 5) is 0.398. The number of rotatable bonds is 6. The minimum atomic E-state index is -4.63. The lowest BCUT2D eigenvalue weighted by molar-refractivity contribution is -0.142. The topological polar surface area (TPSA) is 147 Å². The maximum atomic E-state index is 13.4. The third-order valence-corrected chi connectivity index (χ3v) is 8.71. The van der Waals surface area contributed by atoms with E-state index in [0.717, 1.165) is 56.6 Å². The summed E-state index contributed by atoms with van der Waals surface area (Å²) in [5.74, 6) is 0.746. The normalized spacial score (nSPS) is 12.3. The van der Waals surface area contributed by atoms with Crippen LogP contribution in [-0.4, -0.2) is 27.6 Å². The molecule has 1 atom stereocenters. The first kappa shape index (κ1) is 33.5. The minimum absolute atomic E-state index is 0.0723. The molecule has 4 N–H and O–H groups in total. The predicted molar refractivity (Wildman–Crippen MR) is 173 cm³/mol. The van der Waals surface area contributed by atoms with E-state index in [1.165, 1.54) is 12.1 Å². The predicted octanol–water partition coefficient (Wildman–Crippen LogP) is 6.81. The molecule has 6 aromatic rings. The van der Waals surface area contributed by atoms with Crippen LogP contribution in [0.4, 0.5) is 13.2 Å². The molecule has 2 heterocycles. The number of halogens is 3. The van der Waals surface area contributed by atoms with Gasteiger partial charge in [0.15, 0.2) is 0 Å². The van der Waals surface area contributed by atoms with Crippen molar-refractivity contribution in [2.75, 3.05) is 0 Å². The molecule has 0 saturated heterocycles. The summed E-state index contributed by atoms with van der Waals surface area (Å²) in [6.07, 6.45) is -4.63. The van der Waals surface area contributed by atoms with Crippen molar-refractivity contribution >= 4 is 21.0 Å². The van der Waals surface area contributed by atoms with Gasteiger partial charge in [0, 0.05) is 11.1 Å². The molecule has 6 rings (SSSR count). The molecule has 0 aliphatic heterocycles. The molecule has 47 heavy (non-hydrogen) atoms. The second kappa shape index (κ2) is 13.5. The van der Waals surface area contributed by atoms with Crippen LogP contribution in [0.1, 0.15) is 17.0 Å². The Balaban J connectivity index is 0.000000189. The Hall–Kier alpha value is -4.89. The molecule has 2 aromatic heterocycles. The Morgan fingerprint density at radius 3 is 1.96 bits per heavy atom. The fourth-order valence-electron chi connectivity index (χ4n) is 4.68. The third-order valence-electron chi connectivity index (χ3n) is 7.04. The summed E-state index contributed by atoms with van der Waals surface area (Å²) in [5, 5.41) is 18.6. The molecule has 0 aliphatic rings. The molecule has 0 spiro atoms. The number of sulfonamides is 1. The molecule has 0 amide bonds. The van der Waals surface area contributed by atoms with Crippen molar-refractivity contribution in [3.8, 4) is 39.3 Å². The second-order valence-electron chi connectivity index (χ2n) is 10.4. The molecule has 4 aromatic carbocycles. The number of primary sulfonamides is 1. The van der Waals surface area contributed by atoms with Gasteiger partial charge < -0.3 is 4.52 Å². The van der Waals surface area contributed by atoms with E-state index in [1.807, 2.05) is 56.3 Å². The van der Waals surface area contributed by atoms with E-state index in [9.17, 15) is 25.8 Å².